The van der Waals surface area contributed by atoms with Crippen molar-refractivity contribution in [3.05, 3.63) is 23.9 Å². The third kappa shape index (κ3) is 6.88. The van der Waals surface area contributed by atoms with Crippen molar-refractivity contribution in [2.24, 2.45) is 4.99 Å². The van der Waals surface area contributed by atoms with Crippen molar-refractivity contribution in [1.82, 2.24) is 20.5 Å². The topological polar surface area (TPSA) is 65.0 Å². The molecule has 0 spiro atoms. The SMILES string of the molecule is CCOCCCNC(=NC)NCc1ccnc(N2CCN(C)CC2)c1. The molecule has 1 aromatic heterocycles. The zero-order valence-corrected chi connectivity index (χ0v) is 15.8. The Kier molecular flexibility index (Phi) is 8.48. The molecule has 0 radical (unpaired) electrons. The van der Waals surface area contributed by atoms with Gasteiger partial charge in [0.05, 0.1) is 0 Å². The number of pyridine rings is 1. The van der Waals surface area contributed by atoms with Crippen LogP contribution in [0.1, 0.15) is 18.9 Å². The summed E-state index contributed by atoms with van der Waals surface area (Å²) in [4.78, 5) is 13.5. The minimum atomic E-state index is 0.731. The average molecular weight is 348 g/mol. The van der Waals surface area contributed by atoms with Gasteiger partial charge >= 0.3 is 0 Å². The van der Waals surface area contributed by atoms with Gasteiger partial charge in [0.2, 0.25) is 0 Å². The minimum Gasteiger partial charge on any atom is -0.382 e. The average Bonchev–Trinajstić information content (AvgIpc) is 2.65. The van der Waals surface area contributed by atoms with Crippen LogP contribution in [-0.2, 0) is 11.3 Å². The third-order valence-corrected chi connectivity index (χ3v) is 4.28. The third-order valence-electron chi connectivity index (χ3n) is 4.28. The maximum Gasteiger partial charge on any atom is 0.191 e. The lowest BCUT2D eigenvalue weighted by molar-refractivity contribution is 0.145. The quantitative estimate of drug-likeness (QED) is 0.414. The number of nitrogens with zero attached hydrogens (tertiary/aromatic N) is 4. The first-order valence-corrected chi connectivity index (χ1v) is 9.13. The molecule has 25 heavy (non-hydrogen) atoms. The molecule has 1 aliphatic rings. The summed E-state index contributed by atoms with van der Waals surface area (Å²) in [7, 11) is 3.96. The lowest BCUT2D eigenvalue weighted by Gasteiger charge is -2.33. The number of piperazine rings is 1. The van der Waals surface area contributed by atoms with Gasteiger partial charge in [-0.2, -0.15) is 0 Å². The summed E-state index contributed by atoms with van der Waals surface area (Å²) in [6.45, 7) is 9.37. The van der Waals surface area contributed by atoms with E-state index in [0.29, 0.717) is 0 Å². The largest absolute Gasteiger partial charge is 0.382 e. The van der Waals surface area contributed by atoms with E-state index in [2.05, 4.69) is 49.6 Å². The highest BCUT2D eigenvalue weighted by molar-refractivity contribution is 5.79. The predicted octanol–water partition coefficient (Wildman–Crippen LogP) is 0.925. The van der Waals surface area contributed by atoms with Crippen molar-refractivity contribution >= 4 is 11.8 Å². The van der Waals surface area contributed by atoms with Crippen LogP contribution in [0.15, 0.2) is 23.3 Å². The fourth-order valence-corrected chi connectivity index (χ4v) is 2.71. The predicted molar refractivity (Wildman–Crippen MR) is 103 cm³/mol. The standard InChI is InChI=1S/C18H32N6O/c1-4-25-13-5-7-21-18(19-2)22-15-16-6-8-20-17(14-16)24-11-9-23(3)10-12-24/h6,8,14H,4-5,7,9-13,15H2,1-3H3,(H2,19,21,22). The first-order chi connectivity index (χ1) is 12.2. The number of nitrogens with one attached hydrogen (secondary N) is 2. The number of guanidine groups is 1. The summed E-state index contributed by atoms with van der Waals surface area (Å²) in [5.74, 6) is 1.88. The summed E-state index contributed by atoms with van der Waals surface area (Å²) in [6.07, 6.45) is 2.86. The van der Waals surface area contributed by atoms with E-state index >= 15 is 0 Å². The van der Waals surface area contributed by atoms with Crippen LogP contribution in [0.3, 0.4) is 0 Å². The fourth-order valence-electron chi connectivity index (χ4n) is 2.71. The summed E-state index contributed by atoms with van der Waals surface area (Å²) < 4.78 is 5.34. The summed E-state index contributed by atoms with van der Waals surface area (Å²) >= 11 is 0. The molecule has 1 saturated heterocycles. The van der Waals surface area contributed by atoms with Crippen molar-refractivity contribution in [2.75, 3.05) is 64.9 Å². The molecule has 1 aromatic rings. The van der Waals surface area contributed by atoms with Crippen molar-refractivity contribution in [1.29, 1.82) is 0 Å². The van der Waals surface area contributed by atoms with Gasteiger partial charge in [-0.1, -0.05) is 0 Å². The van der Waals surface area contributed by atoms with Gasteiger partial charge in [0.1, 0.15) is 5.82 Å². The Labute approximate surface area is 151 Å². The first kappa shape index (κ1) is 19.5. The highest BCUT2D eigenvalue weighted by Gasteiger charge is 2.15. The number of anilines is 1. The van der Waals surface area contributed by atoms with E-state index in [9.17, 15) is 0 Å². The summed E-state index contributed by atoms with van der Waals surface area (Å²) in [6, 6.07) is 4.22. The Balaban J connectivity index is 1.78. The highest BCUT2D eigenvalue weighted by atomic mass is 16.5. The van der Waals surface area contributed by atoms with E-state index in [1.807, 2.05) is 13.1 Å². The summed E-state index contributed by atoms with van der Waals surface area (Å²) in [5, 5.41) is 6.67. The molecular weight excluding hydrogens is 316 g/mol. The van der Waals surface area contributed by atoms with Gasteiger partial charge in [0.15, 0.2) is 5.96 Å². The monoisotopic (exact) mass is 348 g/mol. The molecule has 0 aliphatic carbocycles. The van der Waals surface area contributed by atoms with E-state index in [1.54, 1.807) is 7.05 Å². The number of ether oxygens (including phenoxy) is 1. The molecule has 0 amide bonds. The van der Waals surface area contributed by atoms with Crippen molar-refractivity contribution in [3.8, 4) is 0 Å². The first-order valence-electron chi connectivity index (χ1n) is 9.13. The van der Waals surface area contributed by atoms with Crippen molar-refractivity contribution < 1.29 is 4.74 Å². The minimum absolute atomic E-state index is 0.731. The second-order valence-electron chi connectivity index (χ2n) is 6.22. The number of likely N-dealkylation sites (N-methyl/N-ethyl adjacent to an activating group) is 1. The number of rotatable bonds is 8. The molecule has 2 heterocycles. The lowest BCUT2D eigenvalue weighted by atomic mass is 10.2. The number of aliphatic imine (C=N–C) groups is 1. The summed E-state index contributed by atoms with van der Waals surface area (Å²) in [5.41, 5.74) is 1.21. The molecule has 0 atom stereocenters. The molecule has 140 valence electrons. The van der Waals surface area contributed by atoms with Gasteiger partial charge in [-0.25, -0.2) is 4.98 Å². The smallest absolute Gasteiger partial charge is 0.191 e. The molecule has 0 unspecified atom stereocenters. The maximum atomic E-state index is 5.34. The van der Waals surface area contributed by atoms with Gasteiger partial charge in [-0.05, 0) is 38.1 Å². The second kappa shape index (κ2) is 10.9. The Morgan fingerprint density at radius 1 is 1.28 bits per heavy atom. The van der Waals surface area contributed by atoms with Gasteiger partial charge in [-0.3, -0.25) is 4.99 Å². The molecule has 7 heteroatoms. The molecule has 0 aromatic carbocycles. The van der Waals surface area contributed by atoms with E-state index in [1.165, 1.54) is 5.56 Å². The zero-order valence-electron chi connectivity index (χ0n) is 15.8. The maximum absolute atomic E-state index is 5.34. The van der Waals surface area contributed by atoms with E-state index in [4.69, 9.17) is 4.74 Å². The zero-order chi connectivity index (χ0) is 17.9. The van der Waals surface area contributed by atoms with Crippen LogP contribution in [0.25, 0.3) is 0 Å². The van der Waals surface area contributed by atoms with E-state index in [0.717, 1.165) is 70.7 Å². The van der Waals surface area contributed by atoms with Crippen molar-refractivity contribution in [2.45, 2.75) is 19.9 Å². The van der Waals surface area contributed by atoms with Crippen LogP contribution in [0.2, 0.25) is 0 Å². The highest BCUT2D eigenvalue weighted by Crippen LogP contribution is 2.14. The molecule has 0 bridgehead atoms. The molecule has 2 N–H and O–H groups in total. The van der Waals surface area contributed by atoms with Crippen LogP contribution in [-0.4, -0.2) is 75.9 Å². The van der Waals surface area contributed by atoms with Crippen LogP contribution in [0, 0.1) is 0 Å². The number of hydrogen-bond acceptors (Lipinski definition) is 5. The number of aromatic nitrogens is 1. The fraction of sp³-hybridized carbons (Fsp3) is 0.667. The molecule has 1 aliphatic heterocycles. The van der Waals surface area contributed by atoms with E-state index < -0.39 is 0 Å². The Morgan fingerprint density at radius 2 is 2.08 bits per heavy atom. The Morgan fingerprint density at radius 3 is 2.80 bits per heavy atom. The number of hydrogen-bond donors (Lipinski definition) is 2. The van der Waals surface area contributed by atoms with Crippen LogP contribution in [0.4, 0.5) is 5.82 Å². The van der Waals surface area contributed by atoms with Crippen LogP contribution < -0.4 is 15.5 Å². The van der Waals surface area contributed by atoms with Crippen molar-refractivity contribution in [3.63, 3.8) is 0 Å². The molecular formula is C18H32N6O. The molecule has 1 fully saturated rings. The second-order valence-corrected chi connectivity index (χ2v) is 6.22. The van der Waals surface area contributed by atoms with Gasteiger partial charge < -0.3 is 25.2 Å². The Hall–Kier alpha value is -1.86. The van der Waals surface area contributed by atoms with Gasteiger partial charge in [0, 0.05) is 65.7 Å². The lowest BCUT2D eigenvalue weighted by Crippen LogP contribution is -2.44. The van der Waals surface area contributed by atoms with Crippen LogP contribution >= 0.6 is 0 Å². The normalized spacial score (nSPS) is 16.1. The van der Waals surface area contributed by atoms with E-state index in [-0.39, 0.29) is 0 Å². The van der Waals surface area contributed by atoms with Gasteiger partial charge in [-0.15, -0.1) is 0 Å². The van der Waals surface area contributed by atoms with Gasteiger partial charge in [0.25, 0.3) is 0 Å². The molecule has 2 rings (SSSR count). The molecule has 0 saturated carbocycles. The molecule has 7 nitrogen and oxygen atoms in total. The van der Waals surface area contributed by atoms with Crippen LogP contribution in [0.5, 0.6) is 0 Å². The Bertz CT molecular complexity index is 528.